The lowest BCUT2D eigenvalue weighted by Crippen LogP contribution is -2.12. The van der Waals surface area contributed by atoms with Gasteiger partial charge in [0.15, 0.2) is 15.4 Å². The number of hydrogen-bond acceptors (Lipinski definition) is 7. The number of benzene rings is 1. The van der Waals surface area contributed by atoms with Crippen molar-refractivity contribution in [3.63, 3.8) is 0 Å². The van der Waals surface area contributed by atoms with Gasteiger partial charge in [0.25, 0.3) is 0 Å². The molecular formula is C14H12N4O3S. The smallest absolute Gasteiger partial charge is 0.163 e. The van der Waals surface area contributed by atoms with Crippen molar-refractivity contribution in [1.82, 2.24) is 0 Å². The Morgan fingerprint density at radius 3 is 2.14 bits per heavy atom. The van der Waals surface area contributed by atoms with Gasteiger partial charge in [0.2, 0.25) is 0 Å². The van der Waals surface area contributed by atoms with Gasteiger partial charge in [-0.05, 0) is 17.7 Å². The van der Waals surface area contributed by atoms with Crippen molar-refractivity contribution in [3.8, 4) is 18.2 Å². The van der Waals surface area contributed by atoms with Crippen LogP contribution < -0.4 is 5.32 Å². The zero-order valence-corrected chi connectivity index (χ0v) is 12.3. The molecule has 0 saturated heterocycles. The fraction of sp³-hybridized carbons (Fsp3) is 0.214. The summed E-state index contributed by atoms with van der Waals surface area (Å²) in [5.74, 6) is -0.502. The number of nitrogens with zero attached hydrogens (tertiary/aromatic N) is 3. The third kappa shape index (κ3) is 4.92. The summed E-state index contributed by atoms with van der Waals surface area (Å²) < 4.78 is 23.2. The third-order valence-corrected chi connectivity index (χ3v) is 4.18. The van der Waals surface area contributed by atoms with E-state index >= 15 is 0 Å². The normalized spacial score (nSPS) is 9.91. The summed E-state index contributed by atoms with van der Waals surface area (Å²) in [6.07, 6.45) is 0. The van der Waals surface area contributed by atoms with Crippen LogP contribution in [0.1, 0.15) is 5.56 Å². The summed E-state index contributed by atoms with van der Waals surface area (Å²) in [5.41, 5.74) is 0.466. The highest BCUT2D eigenvalue weighted by Gasteiger charge is 2.11. The molecule has 1 rings (SSSR count). The summed E-state index contributed by atoms with van der Waals surface area (Å²) in [4.78, 5) is 0. The van der Waals surface area contributed by atoms with E-state index in [-0.39, 0.29) is 22.8 Å². The van der Waals surface area contributed by atoms with E-state index in [9.17, 15) is 8.42 Å². The Morgan fingerprint density at radius 2 is 1.68 bits per heavy atom. The van der Waals surface area contributed by atoms with E-state index < -0.39 is 16.4 Å². The van der Waals surface area contributed by atoms with E-state index in [1.54, 1.807) is 30.3 Å². The van der Waals surface area contributed by atoms with Crippen LogP contribution in [0.5, 0.6) is 0 Å². The van der Waals surface area contributed by atoms with Gasteiger partial charge in [-0.2, -0.15) is 15.8 Å². The van der Waals surface area contributed by atoms with E-state index in [1.165, 1.54) is 12.1 Å². The molecule has 7 nitrogen and oxygen atoms in total. The number of nitrogens with one attached hydrogen (secondary N) is 1. The highest BCUT2D eigenvalue weighted by molar-refractivity contribution is 7.90. The van der Waals surface area contributed by atoms with Gasteiger partial charge in [0.1, 0.15) is 23.9 Å². The first-order valence-corrected chi connectivity index (χ1v) is 7.89. The number of rotatable bonds is 6. The molecule has 0 unspecified atom stereocenters. The van der Waals surface area contributed by atoms with Crippen LogP contribution in [0, 0.1) is 34.0 Å². The highest BCUT2D eigenvalue weighted by atomic mass is 32.2. The SMILES string of the molecule is N#CC(C#N)=C(C#N)Nc1ccc(CS(=O)(=O)CCO)cc1. The Bertz CT molecular complexity index is 774. The lowest BCUT2D eigenvalue weighted by Gasteiger charge is -2.07. The van der Waals surface area contributed by atoms with E-state index in [4.69, 9.17) is 20.9 Å². The Kier molecular flexibility index (Phi) is 6.09. The Labute approximate surface area is 128 Å². The van der Waals surface area contributed by atoms with Gasteiger partial charge in [-0.25, -0.2) is 8.42 Å². The van der Waals surface area contributed by atoms with Crippen molar-refractivity contribution in [2.75, 3.05) is 17.7 Å². The van der Waals surface area contributed by atoms with Crippen molar-refractivity contribution in [2.45, 2.75) is 5.75 Å². The van der Waals surface area contributed by atoms with Crippen molar-refractivity contribution in [1.29, 1.82) is 15.8 Å². The molecule has 0 aromatic heterocycles. The largest absolute Gasteiger partial charge is 0.395 e. The van der Waals surface area contributed by atoms with Crippen LogP contribution in [-0.4, -0.2) is 25.9 Å². The van der Waals surface area contributed by atoms with Crippen LogP contribution in [0.4, 0.5) is 5.69 Å². The molecule has 2 N–H and O–H groups in total. The molecule has 1 aromatic rings. The first kappa shape index (κ1) is 17.2. The predicted octanol–water partition coefficient (Wildman–Crippen LogP) is 0.830. The first-order chi connectivity index (χ1) is 10.5. The van der Waals surface area contributed by atoms with Crippen molar-refractivity contribution in [2.24, 2.45) is 0 Å². The van der Waals surface area contributed by atoms with Crippen molar-refractivity contribution in [3.05, 3.63) is 41.1 Å². The van der Waals surface area contributed by atoms with Crippen molar-refractivity contribution < 1.29 is 13.5 Å². The molecule has 0 spiro atoms. The standard InChI is InChI=1S/C14H12N4O3S/c15-7-12(8-16)14(9-17)18-13-3-1-11(2-4-13)10-22(20,21)6-5-19/h1-4,18-19H,5-6,10H2. The van der Waals surface area contributed by atoms with Gasteiger partial charge in [0, 0.05) is 5.69 Å². The van der Waals surface area contributed by atoms with Gasteiger partial charge in [0.05, 0.1) is 18.1 Å². The molecule has 0 heterocycles. The second-order valence-corrected chi connectivity index (χ2v) is 6.41. The molecule has 0 saturated carbocycles. The maximum absolute atomic E-state index is 11.6. The average molecular weight is 316 g/mol. The quantitative estimate of drug-likeness (QED) is 0.741. The van der Waals surface area contributed by atoms with Gasteiger partial charge < -0.3 is 10.4 Å². The molecule has 8 heteroatoms. The van der Waals surface area contributed by atoms with E-state index in [0.29, 0.717) is 11.3 Å². The summed E-state index contributed by atoms with van der Waals surface area (Å²) in [6, 6.07) is 11.1. The Hall–Kier alpha value is -2.86. The number of sulfone groups is 1. The second kappa shape index (κ2) is 7.80. The molecule has 0 aliphatic rings. The van der Waals surface area contributed by atoms with Crippen molar-refractivity contribution >= 4 is 15.5 Å². The van der Waals surface area contributed by atoms with Crippen LogP contribution in [-0.2, 0) is 15.6 Å². The number of anilines is 1. The van der Waals surface area contributed by atoms with Crippen LogP contribution in [0.3, 0.4) is 0 Å². The zero-order chi connectivity index (χ0) is 16.6. The number of allylic oxidation sites excluding steroid dienone is 2. The molecule has 0 amide bonds. The maximum Gasteiger partial charge on any atom is 0.163 e. The fourth-order valence-electron chi connectivity index (χ4n) is 1.58. The molecule has 1 aromatic carbocycles. The summed E-state index contributed by atoms with van der Waals surface area (Å²) in [6.45, 7) is -0.427. The minimum absolute atomic E-state index is 0.175. The molecular weight excluding hydrogens is 304 g/mol. The predicted molar refractivity (Wildman–Crippen MR) is 78.5 cm³/mol. The minimum atomic E-state index is -3.36. The lowest BCUT2D eigenvalue weighted by atomic mass is 10.2. The molecule has 0 bridgehead atoms. The molecule has 22 heavy (non-hydrogen) atoms. The molecule has 0 fully saturated rings. The second-order valence-electron chi connectivity index (χ2n) is 4.22. The van der Waals surface area contributed by atoms with Gasteiger partial charge in [-0.15, -0.1) is 0 Å². The van der Waals surface area contributed by atoms with E-state index in [1.807, 2.05) is 0 Å². The monoisotopic (exact) mass is 316 g/mol. The summed E-state index contributed by atoms with van der Waals surface area (Å²) >= 11 is 0. The first-order valence-electron chi connectivity index (χ1n) is 6.07. The Balaban J connectivity index is 2.92. The zero-order valence-electron chi connectivity index (χ0n) is 11.4. The van der Waals surface area contributed by atoms with Gasteiger partial charge >= 0.3 is 0 Å². The van der Waals surface area contributed by atoms with Crippen LogP contribution in [0.25, 0.3) is 0 Å². The number of hydrogen-bond donors (Lipinski definition) is 2. The molecule has 0 aliphatic carbocycles. The van der Waals surface area contributed by atoms with Crippen LogP contribution in [0.2, 0.25) is 0 Å². The molecule has 0 aliphatic heterocycles. The highest BCUT2D eigenvalue weighted by Crippen LogP contribution is 2.15. The molecule has 0 atom stereocenters. The number of aliphatic hydroxyl groups is 1. The van der Waals surface area contributed by atoms with Gasteiger partial charge in [-0.3, -0.25) is 0 Å². The lowest BCUT2D eigenvalue weighted by molar-refractivity contribution is 0.319. The Morgan fingerprint density at radius 1 is 1.09 bits per heavy atom. The van der Waals surface area contributed by atoms with Crippen LogP contribution >= 0.6 is 0 Å². The summed E-state index contributed by atoms with van der Waals surface area (Å²) in [5, 5.41) is 37.7. The van der Waals surface area contributed by atoms with E-state index in [2.05, 4.69) is 5.32 Å². The fourth-order valence-corrected chi connectivity index (χ4v) is 2.70. The maximum atomic E-state index is 11.6. The van der Waals surface area contributed by atoms with Crippen LogP contribution in [0.15, 0.2) is 35.5 Å². The third-order valence-electron chi connectivity index (χ3n) is 2.60. The summed E-state index contributed by atoms with van der Waals surface area (Å²) in [7, 11) is -3.36. The minimum Gasteiger partial charge on any atom is -0.395 e. The number of aliphatic hydroxyl groups excluding tert-OH is 1. The van der Waals surface area contributed by atoms with Gasteiger partial charge in [-0.1, -0.05) is 12.1 Å². The molecule has 112 valence electrons. The van der Waals surface area contributed by atoms with E-state index in [0.717, 1.165) is 0 Å². The number of nitriles is 3. The average Bonchev–Trinajstić information content (AvgIpc) is 2.48. The topological polar surface area (TPSA) is 138 Å². The molecule has 0 radical (unpaired) electrons.